The standard InChI is InChI=1S/C18H15BrN4O3/c19-11-5-6-12-14(8-11)21-22-17(12)23-9-10(7-16(23)25)18(26)20-13-3-1-2-4-15(13)24/h1-6,8,10,24H,7,9H2,(H,20,26)(H,21,22)/t10-/m0/s1. The molecule has 4 rings (SSSR count). The van der Waals surface area contributed by atoms with Gasteiger partial charge in [-0.15, -0.1) is 0 Å². The first-order valence-corrected chi connectivity index (χ1v) is 8.85. The minimum Gasteiger partial charge on any atom is -0.506 e. The summed E-state index contributed by atoms with van der Waals surface area (Å²) in [5.74, 6) is -0.450. The number of aromatic hydroxyl groups is 1. The first-order chi connectivity index (χ1) is 12.5. The highest BCUT2D eigenvalue weighted by molar-refractivity contribution is 9.10. The van der Waals surface area contributed by atoms with E-state index in [1.165, 1.54) is 11.0 Å². The molecular formula is C18H15BrN4O3. The van der Waals surface area contributed by atoms with E-state index >= 15 is 0 Å². The number of H-pyrrole nitrogens is 1. The topological polar surface area (TPSA) is 98.3 Å². The van der Waals surface area contributed by atoms with E-state index in [2.05, 4.69) is 31.4 Å². The number of carbonyl (C=O) groups is 2. The van der Waals surface area contributed by atoms with E-state index in [0.717, 1.165) is 15.4 Å². The Labute approximate surface area is 157 Å². The van der Waals surface area contributed by atoms with E-state index in [1.807, 2.05) is 18.2 Å². The van der Waals surface area contributed by atoms with Crippen LogP contribution in [0.25, 0.3) is 10.9 Å². The van der Waals surface area contributed by atoms with Crippen LogP contribution in [-0.4, -0.2) is 33.7 Å². The lowest BCUT2D eigenvalue weighted by molar-refractivity contribution is -0.122. The number of aromatic amines is 1. The van der Waals surface area contributed by atoms with Crippen molar-refractivity contribution in [2.24, 2.45) is 5.92 Å². The summed E-state index contributed by atoms with van der Waals surface area (Å²) < 4.78 is 0.910. The predicted octanol–water partition coefficient (Wildman–Crippen LogP) is 3.02. The van der Waals surface area contributed by atoms with Gasteiger partial charge in [0.25, 0.3) is 0 Å². The Kier molecular flexibility index (Phi) is 4.12. The molecule has 1 fully saturated rings. The zero-order valence-corrected chi connectivity index (χ0v) is 15.2. The average molecular weight is 415 g/mol. The highest BCUT2D eigenvalue weighted by Gasteiger charge is 2.37. The molecule has 132 valence electrons. The van der Waals surface area contributed by atoms with Gasteiger partial charge in [-0.05, 0) is 30.3 Å². The zero-order chi connectivity index (χ0) is 18.3. The third-order valence-electron chi connectivity index (χ3n) is 4.42. The van der Waals surface area contributed by atoms with Crippen LogP contribution in [0.1, 0.15) is 6.42 Å². The maximum absolute atomic E-state index is 12.5. The average Bonchev–Trinajstić information content (AvgIpc) is 3.19. The van der Waals surface area contributed by atoms with Crippen molar-refractivity contribution in [1.82, 2.24) is 10.2 Å². The maximum Gasteiger partial charge on any atom is 0.229 e. The second-order valence-corrected chi connectivity index (χ2v) is 7.06. The van der Waals surface area contributed by atoms with Crippen LogP contribution >= 0.6 is 15.9 Å². The first-order valence-electron chi connectivity index (χ1n) is 8.06. The van der Waals surface area contributed by atoms with Crippen LogP contribution < -0.4 is 10.2 Å². The van der Waals surface area contributed by atoms with Crippen LogP contribution in [0.5, 0.6) is 5.75 Å². The fraction of sp³-hybridized carbons (Fsp3) is 0.167. The highest BCUT2D eigenvalue weighted by atomic mass is 79.9. The second-order valence-electron chi connectivity index (χ2n) is 6.15. The van der Waals surface area contributed by atoms with Gasteiger partial charge in [0.1, 0.15) is 5.75 Å². The number of para-hydroxylation sites is 2. The number of halogens is 1. The molecule has 7 nitrogen and oxygen atoms in total. The second kappa shape index (κ2) is 6.45. The number of carbonyl (C=O) groups excluding carboxylic acids is 2. The number of phenols is 1. The van der Waals surface area contributed by atoms with Gasteiger partial charge in [0, 0.05) is 22.8 Å². The van der Waals surface area contributed by atoms with Gasteiger partial charge < -0.3 is 10.4 Å². The van der Waals surface area contributed by atoms with Crippen LogP contribution in [0, 0.1) is 5.92 Å². The molecule has 1 aromatic heterocycles. The smallest absolute Gasteiger partial charge is 0.229 e. The molecule has 0 spiro atoms. The zero-order valence-electron chi connectivity index (χ0n) is 13.6. The number of aromatic nitrogens is 2. The number of anilines is 2. The van der Waals surface area contributed by atoms with Crippen molar-refractivity contribution >= 4 is 50.2 Å². The van der Waals surface area contributed by atoms with Crippen LogP contribution in [0.2, 0.25) is 0 Å². The summed E-state index contributed by atoms with van der Waals surface area (Å²) in [6.07, 6.45) is 0.101. The summed E-state index contributed by atoms with van der Waals surface area (Å²) >= 11 is 3.40. The largest absolute Gasteiger partial charge is 0.506 e. The van der Waals surface area contributed by atoms with Gasteiger partial charge in [0.15, 0.2) is 5.82 Å². The Balaban J connectivity index is 1.55. The van der Waals surface area contributed by atoms with Crippen molar-refractivity contribution in [2.75, 3.05) is 16.8 Å². The molecule has 0 unspecified atom stereocenters. The highest BCUT2D eigenvalue weighted by Crippen LogP contribution is 2.32. The Morgan fingerprint density at radius 2 is 2.12 bits per heavy atom. The summed E-state index contributed by atoms with van der Waals surface area (Å²) in [6.45, 7) is 0.244. The van der Waals surface area contributed by atoms with Crippen LogP contribution in [0.3, 0.4) is 0 Å². The van der Waals surface area contributed by atoms with Gasteiger partial charge in [0.2, 0.25) is 11.8 Å². The van der Waals surface area contributed by atoms with E-state index in [1.54, 1.807) is 18.2 Å². The molecule has 0 saturated carbocycles. The van der Waals surface area contributed by atoms with Gasteiger partial charge in [-0.2, -0.15) is 5.10 Å². The summed E-state index contributed by atoms with van der Waals surface area (Å²) in [5, 5.41) is 20.4. The van der Waals surface area contributed by atoms with Crippen LogP contribution in [-0.2, 0) is 9.59 Å². The number of rotatable bonds is 3. The number of nitrogens with zero attached hydrogens (tertiary/aromatic N) is 2. The van der Waals surface area contributed by atoms with E-state index in [9.17, 15) is 14.7 Å². The lowest BCUT2D eigenvalue weighted by Crippen LogP contribution is -2.28. The summed E-state index contributed by atoms with van der Waals surface area (Å²) in [5.41, 5.74) is 1.14. The van der Waals surface area contributed by atoms with Gasteiger partial charge in [-0.25, -0.2) is 0 Å². The van der Waals surface area contributed by atoms with Gasteiger partial charge in [-0.3, -0.25) is 19.6 Å². The van der Waals surface area contributed by atoms with E-state index < -0.39 is 5.92 Å². The molecule has 0 radical (unpaired) electrons. The number of hydrogen-bond acceptors (Lipinski definition) is 4. The van der Waals surface area contributed by atoms with Crippen molar-refractivity contribution < 1.29 is 14.7 Å². The summed E-state index contributed by atoms with van der Waals surface area (Å²) in [4.78, 5) is 26.5. The molecule has 2 heterocycles. The molecule has 8 heteroatoms. The Hall–Kier alpha value is -2.87. The van der Waals surface area contributed by atoms with Crippen molar-refractivity contribution in [3.8, 4) is 5.75 Å². The molecule has 26 heavy (non-hydrogen) atoms. The van der Waals surface area contributed by atoms with Gasteiger partial charge in [0.05, 0.1) is 17.1 Å². The Morgan fingerprint density at radius 3 is 2.92 bits per heavy atom. The maximum atomic E-state index is 12.5. The molecule has 2 amide bonds. The lowest BCUT2D eigenvalue weighted by Gasteiger charge is -2.14. The van der Waals surface area contributed by atoms with Crippen LogP contribution in [0.4, 0.5) is 11.5 Å². The summed E-state index contributed by atoms with van der Waals surface area (Å²) in [7, 11) is 0. The summed E-state index contributed by atoms with van der Waals surface area (Å²) in [6, 6.07) is 12.1. The minimum absolute atomic E-state index is 0.00842. The molecule has 3 N–H and O–H groups in total. The molecule has 0 bridgehead atoms. The lowest BCUT2D eigenvalue weighted by atomic mass is 10.1. The van der Waals surface area contributed by atoms with Crippen LogP contribution in [0.15, 0.2) is 46.9 Å². The number of phenolic OH excluding ortho intramolecular Hbond substituents is 1. The monoisotopic (exact) mass is 414 g/mol. The third kappa shape index (κ3) is 2.92. The fourth-order valence-corrected chi connectivity index (χ4v) is 3.45. The van der Waals surface area contributed by atoms with Crippen molar-refractivity contribution in [2.45, 2.75) is 6.42 Å². The normalized spacial score (nSPS) is 17.0. The van der Waals surface area contributed by atoms with Crippen molar-refractivity contribution in [3.63, 3.8) is 0 Å². The number of benzene rings is 2. The third-order valence-corrected chi connectivity index (χ3v) is 4.91. The van der Waals surface area contributed by atoms with Crippen molar-refractivity contribution in [1.29, 1.82) is 0 Å². The number of amides is 2. The minimum atomic E-state index is -0.510. The van der Waals surface area contributed by atoms with Crippen molar-refractivity contribution in [3.05, 3.63) is 46.9 Å². The van der Waals surface area contributed by atoms with Gasteiger partial charge in [-0.1, -0.05) is 28.1 Å². The Morgan fingerprint density at radius 1 is 1.31 bits per heavy atom. The number of hydrogen-bond donors (Lipinski definition) is 3. The molecule has 3 aromatic rings. The number of fused-ring (bicyclic) bond motifs is 1. The quantitative estimate of drug-likeness (QED) is 0.573. The Bertz CT molecular complexity index is 1020. The molecule has 1 saturated heterocycles. The molecular weight excluding hydrogens is 400 g/mol. The van der Waals surface area contributed by atoms with E-state index in [0.29, 0.717) is 11.5 Å². The molecule has 1 atom stereocenters. The first kappa shape index (κ1) is 16.6. The van der Waals surface area contributed by atoms with E-state index in [-0.39, 0.29) is 30.5 Å². The fourth-order valence-electron chi connectivity index (χ4n) is 3.09. The molecule has 1 aliphatic heterocycles. The number of nitrogens with one attached hydrogen (secondary N) is 2. The van der Waals surface area contributed by atoms with E-state index in [4.69, 9.17) is 0 Å². The van der Waals surface area contributed by atoms with Gasteiger partial charge >= 0.3 is 0 Å². The predicted molar refractivity (Wildman–Crippen MR) is 101 cm³/mol. The molecule has 1 aliphatic rings. The molecule has 0 aliphatic carbocycles. The molecule has 2 aromatic carbocycles. The SMILES string of the molecule is O=C(Nc1ccccc1O)[C@H]1CC(=O)N(c2n[nH]c3cc(Br)ccc23)C1.